The average Bonchev–Trinajstić information content (AvgIpc) is 2.84. The molecule has 1 heterocycles. The maximum absolute atomic E-state index is 14.0. The Morgan fingerprint density at radius 3 is 2.54 bits per heavy atom. The number of fused-ring (bicyclic) bond motifs is 4. The van der Waals surface area contributed by atoms with Crippen LogP contribution in [0.1, 0.15) is 41.3 Å². The van der Waals surface area contributed by atoms with Gasteiger partial charge in [0.1, 0.15) is 17.3 Å². The molecule has 0 bridgehead atoms. The molecule has 0 radical (unpaired) electrons. The highest BCUT2D eigenvalue weighted by Crippen LogP contribution is 2.52. The second-order valence-corrected chi connectivity index (χ2v) is 12.5. The number of carbonyl (C=O) groups is 4. The van der Waals surface area contributed by atoms with E-state index in [-0.39, 0.29) is 17.7 Å². The van der Waals surface area contributed by atoms with Crippen LogP contribution in [0.2, 0.25) is 0 Å². The van der Waals surface area contributed by atoms with Crippen molar-refractivity contribution in [2.75, 3.05) is 27.2 Å². The van der Waals surface area contributed by atoms with Crippen LogP contribution in [0.3, 0.4) is 0 Å². The first-order chi connectivity index (χ1) is 18.4. The SMILES string of the molecule is CC1CN(Cc2ccc3cc4c(c(O)c3c2)C(=O)C2C(=O)C3(O)CC(C(N)=O)C(=O)C(N(C)C)C3CC2C4)C1. The van der Waals surface area contributed by atoms with E-state index < -0.39 is 65.0 Å². The Morgan fingerprint density at radius 1 is 1.18 bits per heavy atom. The summed E-state index contributed by atoms with van der Waals surface area (Å²) in [6, 6.07) is 6.95. The molecule has 3 fully saturated rings. The maximum atomic E-state index is 14.0. The van der Waals surface area contributed by atoms with Gasteiger partial charge >= 0.3 is 0 Å². The fraction of sp³-hybridized carbons (Fsp3) is 0.533. The number of Topliss-reactive ketones (excluding diaryl/α,β-unsaturated/α-hetero) is 3. The lowest BCUT2D eigenvalue weighted by molar-refractivity contribution is -0.176. The van der Waals surface area contributed by atoms with E-state index in [1.165, 1.54) is 0 Å². The van der Waals surface area contributed by atoms with Crippen molar-refractivity contribution in [3.05, 3.63) is 41.0 Å². The molecule has 2 aromatic rings. The molecule has 6 atom stereocenters. The lowest BCUT2D eigenvalue weighted by atomic mass is 9.53. The van der Waals surface area contributed by atoms with Crippen LogP contribution in [-0.2, 0) is 27.3 Å². The van der Waals surface area contributed by atoms with Crippen LogP contribution in [0, 0.1) is 29.6 Å². The Hall–Kier alpha value is -3.14. The summed E-state index contributed by atoms with van der Waals surface area (Å²) in [5.74, 6) is -5.58. The Kier molecular flexibility index (Phi) is 5.98. The van der Waals surface area contributed by atoms with Crippen molar-refractivity contribution in [1.82, 2.24) is 9.80 Å². The summed E-state index contributed by atoms with van der Waals surface area (Å²) in [6.07, 6.45) is 0.221. The van der Waals surface area contributed by atoms with Gasteiger partial charge in [-0.15, -0.1) is 0 Å². The van der Waals surface area contributed by atoms with Crippen LogP contribution < -0.4 is 5.73 Å². The minimum absolute atomic E-state index is 0.133. The average molecular weight is 534 g/mol. The summed E-state index contributed by atoms with van der Waals surface area (Å²) in [5, 5.41) is 24.5. The maximum Gasteiger partial charge on any atom is 0.228 e. The van der Waals surface area contributed by atoms with Gasteiger partial charge in [0.25, 0.3) is 0 Å². The highest BCUT2D eigenvalue weighted by Gasteiger charge is 2.64. The molecular weight excluding hydrogens is 498 g/mol. The zero-order valence-electron chi connectivity index (χ0n) is 22.5. The number of likely N-dealkylation sites (N-methyl/N-ethyl adjacent to an activating group) is 1. The van der Waals surface area contributed by atoms with Gasteiger partial charge in [-0.05, 0) is 61.4 Å². The molecule has 4 aliphatic rings. The first-order valence-electron chi connectivity index (χ1n) is 13.7. The first-order valence-corrected chi connectivity index (χ1v) is 13.7. The fourth-order valence-corrected chi connectivity index (χ4v) is 7.84. The second kappa shape index (κ2) is 8.94. The number of phenols is 1. The Bertz CT molecular complexity index is 1430. The Morgan fingerprint density at radius 2 is 1.90 bits per heavy atom. The van der Waals surface area contributed by atoms with E-state index in [0.29, 0.717) is 23.3 Å². The van der Waals surface area contributed by atoms with Crippen molar-refractivity contribution in [3.63, 3.8) is 0 Å². The van der Waals surface area contributed by atoms with Gasteiger partial charge in [0.05, 0.1) is 17.5 Å². The number of hydrogen-bond donors (Lipinski definition) is 3. The van der Waals surface area contributed by atoms with Crippen LogP contribution in [0.15, 0.2) is 24.3 Å². The molecule has 9 heteroatoms. The second-order valence-electron chi connectivity index (χ2n) is 12.5. The van der Waals surface area contributed by atoms with Crippen LogP contribution >= 0.6 is 0 Å². The van der Waals surface area contributed by atoms with Gasteiger partial charge < -0.3 is 15.9 Å². The fourth-order valence-electron chi connectivity index (χ4n) is 7.84. The van der Waals surface area contributed by atoms with E-state index in [1.807, 2.05) is 24.3 Å². The molecule has 0 aromatic heterocycles. The monoisotopic (exact) mass is 533 g/mol. The third kappa shape index (κ3) is 3.85. The number of rotatable bonds is 4. The predicted molar refractivity (Wildman–Crippen MR) is 143 cm³/mol. The van der Waals surface area contributed by atoms with Gasteiger partial charge in [0.2, 0.25) is 5.91 Å². The zero-order valence-corrected chi connectivity index (χ0v) is 22.5. The van der Waals surface area contributed by atoms with E-state index in [1.54, 1.807) is 19.0 Å². The van der Waals surface area contributed by atoms with Gasteiger partial charge in [0, 0.05) is 37.4 Å². The van der Waals surface area contributed by atoms with E-state index in [2.05, 4.69) is 11.8 Å². The number of primary amides is 1. The summed E-state index contributed by atoms with van der Waals surface area (Å²) in [4.78, 5) is 57.1. The number of phenolic OH excluding ortho intramolecular Hbond substituents is 1. The van der Waals surface area contributed by atoms with Crippen molar-refractivity contribution < 1.29 is 29.4 Å². The summed E-state index contributed by atoms with van der Waals surface area (Å²) in [7, 11) is 3.34. The van der Waals surface area contributed by atoms with E-state index >= 15 is 0 Å². The Balaban J connectivity index is 1.39. The van der Waals surface area contributed by atoms with Crippen molar-refractivity contribution in [1.29, 1.82) is 0 Å². The summed E-state index contributed by atoms with van der Waals surface area (Å²) in [5.41, 5.74) is 5.31. The van der Waals surface area contributed by atoms with Crippen LogP contribution in [-0.4, -0.2) is 82.1 Å². The standard InChI is InChI=1S/C30H35N3O6/c1-14-11-33(12-14)13-15-4-5-16-7-17-8-18-9-21-24(32(2)3)26(35)20(29(31)38)10-30(21,39)28(37)23(18)27(36)22(17)25(34)19(16)6-15/h4-7,14,18,20-21,23-24,34,39H,8-13H2,1-3H3,(H2,31,38). The quantitative estimate of drug-likeness (QED) is 0.500. The summed E-state index contributed by atoms with van der Waals surface area (Å²) in [6.45, 7) is 5.02. The van der Waals surface area contributed by atoms with Crippen LogP contribution in [0.4, 0.5) is 0 Å². The number of amides is 1. The number of nitrogens with zero attached hydrogens (tertiary/aromatic N) is 2. The lowest BCUT2D eigenvalue weighted by Gasteiger charge is -2.53. The smallest absolute Gasteiger partial charge is 0.228 e. The molecule has 6 rings (SSSR count). The van der Waals surface area contributed by atoms with Crippen LogP contribution in [0.5, 0.6) is 5.75 Å². The van der Waals surface area contributed by atoms with Gasteiger partial charge in [-0.1, -0.05) is 25.1 Å². The van der Waals surface area contributed by atoms with Gasteiger partial charge in [0.15, 0.2) is 17.3 Å². The topological polar surface area (TPSA) is 141 Å². The molecule has 4 N–H and O–H groups in total. The molecule has 206 valence electrons. The molecule has 1 saturated heterocycles. The Labute approximate surface area is 226 Å². The lowest BCUT2D eigenvalue weighted by Crippen LogP contribution is -2.69. The van der Waals surface area contributed by atoms with Crippen molar-refractivity contribution >= 4 is 34.0 Å². The van der Waals surface area contributed by atoms with E-state index in [4.69, 9.17) is 5.73 Å². The number of nitrogens with two attached hydrogens (primary N) is 1. The summed E-state index contributed by atoms with van der Waals surface area (Å²) < 4.78 is 0. The molecular formula is C30H35N3O6. The third-order valence-electron chi connectivity index (χ3n) is 9.60. The zero-order chi connectivity index (χ0) is 28.0. The molecule has 6 unspecified atom stereocenters. The number of aromatic hydroxyl groups is 1. The molecule has 39 heavy (non-hydrogen) atoms. The number of ketones is 3. The molecule has 9 nitrogen and oxygen atoms in total. The highest BCUT2D eigenvalue weighted by molar-refractivity contribution is 6.19. The van der Waals surface area contributed by atoms with Crippen LogP contribution in [0.25, 0.3) is 10.8 Å². The van der Waals surface area contributed by atoms with Crippen molar-refractivity contribution in [2.24, 2.45) is 35.3 Å². The van der Waals surface area contributed by atoms with Gasteiger partial charge in [-0.25, -0.2) is 0 Å². The van der Waals surface area contributed by atoms with Gasteiger partial charge in [-0.3, -0.25) is 29.0 Å². The normalized spacial score (nSPS) is 33.1. The molecule has 1 aliphatic heterocycles. The first kappa shape index (κ1) is 26.1. The van der Waals surface area contributed by atoms with Crippen molar-refractivity contribution in [3.8, 4) is 5.75 Å². The van der Waals surface area contributed by atoms with Crippen molar-refractivity contribution in [2.45, 2.75) is 44.4 Å². The van der Waals surface area contributed by atoms with E-state index in [9.17, 15) is 29.4 Å². The number of likely N-dealkylation sites (tertiary alicyclic amines) is 1. The molecule has 2 aromatic carbocycles. The predicted octanol–water partition coefficient (Wildman–Crippen LogP) is 1.29. The van der Waals surface area contributed by atoms with Gasteiger partial charge in [-0.2, -0.15) is 0 Å². The van der Waals surface area contributed by atoms with E-state index in [0.717, 1.165) is 30.6 Å². The summed E-state index contributed by atoms with van der Waals surface area (Å²) >= 11 is 0. The minimum Gasteiger partial charge on any atom is -0.507 e. The third-order valence-corrected chi connectivity index (χ3v) is 9.60. The molecule has 3 aliphatic carbocycles. The number of carbonyl (C=O) groups excluding carboxylic acids is 4. The number of hydrogen-bond acceptors (Lipinski definition) is 8. The number of benzene rings is 2. The number of aliphatic hydroxyl groups is 1. The minimum atomic E-state index is -2.04. The molecule has 2 saturated carbocycles. The molecule has 1 amide bonds. The highest BCUT2D eigenvalue weighted by atomic mass is 16.3. The molecule has 0 spiro atoms. The largest absolute Gasteiger partial charge is 0.507 e.